The number of rotatable bonds is 9. The number of nitrogens with zero attached hydrogens (tertiary/aromatic N) is 4. The van der Waals surface area contributed by atoms with Crippen LogP contribution in [0.15, 0.2) is 42.9 Å². The number of hydrogen-bond acceptors (Lipinski definition) is 9. The molecule has 1 aliphatic carbocycles. The van der Waals surface area contributed by atoms with Gasteiger partial charge in [-0.05, 0) is 50.5 Å². The zero-order valence-corrected chi connectivity index (χ0v) is 21.3. The number of benzene rings is 1. The summed E-state index contributed by atoms with van der Waals surface area (Å²) < 4.78 is 28.6. The van der Waals surface area contributed by atoms with E-state index in [-0.39, 0.29) is 35.7 Å². The molecule has 0 amide bonds. The van der Waals surface area contributed by atoms with E-state index in [1.165, 1.54) is 12.5 Å². The zero-order chi connectivity index (χ0) is 26.0. The molecule has 1 fully saturated rings. The molecule has 4 N–H and O–H groups in total. The van der Waals surface area contributed by atoms with Crippen LogP contribution >= 0.6 is 11.6 Å². The van der Waals surface area contributed by atoms with Gasteiger partial charge in [0.05, 0.1) is 24.3 Å². The molecule has 0 aliphatic heterocycles. The molecular formula is C23H27ClN6O5S. The highest BCUT2D eigenvalue weighted by Gasteiger charge is 2.35. The number of carbonyl (C=O) groups excluding carboxylic acids is 1. The molecule has 11 nitrogen and oxygen atoms in total. The van der Waals surface area contributed by atoms with E-state index in [0.29, 0.717) is 23.7 Å². The van der Waals surface area contributed by atoms with E-state index in [9.17, 15) is 18.3 Å². The van der Waals surface area contributed by atoms with Crippen LogP contribution in [0, 0.1) is 12.8 Å². The van der Waals surface area contributed by atoms with Crippen LogP contribution in [0.3, 0.4) is 0 Å². The number of halogens is 1. The normalized spacial score (nSPS) is 20.9. The van der Waals surface area contributed by atoms with Gasteiger partial charge in [-0.3, -0.25) is 13.7 Å². The van der Waals surface area contributed by atoms with Crippen molar-refractivity contribution in [3.63, 3.8) is 0 Å². The van der Waals surface area contributed by atoms with Gasteiger partial charge in [0.25, 0.3) is 0 Å². The quantitative estimate of drug-likeness (QED) is 0.349. The van der Waals surface area contributed by atoms with Gasteiger partial charge in [-0.25, -0.2) is 15.1 Å². The lowest BCUT2D eigenvalue weighted by atomic mass is 10.1. The maximum atomic E-state index is 13.4. The molecule has 2 aromatic heterocycles. The van der Waals surface area contributed by atoms with Gasteiger partial charge in [0.2, 0.25) is 5.78 Å². The van der Waals surface area contributed by atoms with E-state index in [0.717, 1.165) is 11.3 Å². The number of aromatic nitrogens is 4. The van der Waals surface area contributed by atoms with E-state index < -0.39 is 22.3 Å². The van der Waals surface area contributed by atoms with E-state index in [1.807, 2.05) is 32.0 Å². The van der Waals surface area contributed by atoms with Crippen LogP contribution in [-0.4, -0.2) is 57.8 Å². The number of nitrogens with one attached hydrogen (secondary N) is 1. The van der Waals surface area contributed by atoms with Gasteiger partial charge >= 0.3 is 10.3 Å². The fraction of sp³-hybridized carbons (Fsp3) is 0.391. The monoisotopic (exact) mass is 534 g/mol. The number of nitrogens with two attached hydrogens (primary N) is 1. The molecule has 0 unspecified atom stereocenters. The molecule has 3 aromatic rings. The van der Waals surface area contributed by atoms with Gasteiger partial charge in [0.15, 0.2) is 0 Å². The summed E-state index contributed by atoms with van der Waals surface area (Å²) in [6, 6.07) is 8.77. The van der Waals surface area contributed by atoms with Crippen molar-refractivity contribution in [3.8, 4) is 0 Å². The Labute approximate surface area is 213 Å². The van der Waals surface area contributed by atoms with E-state index >= 15 is 0 Å². The highest BCUT2D eigenvalue weighted by Crippen LogP contribution is 2.30. The Balaban J connectivity index is 1.51. The van der Waals surface area contributed by atoms with Crippen molar-refractivity contribution in [2.75, 3.05) is 11.9 Å². The summed E-state index contributed by atoms with van der Waals surface area (Å²) in [5.74, 6) is -0.491. The Hall–Kier alpha value is -2.90. The molecule has 4 rings (SSSR count). The molecule has 0 bridgehead atoms. The van der Waals surface area contributed by atoms with Gasteiger partial charge in [0, 0.05) is 28.9 Å². The fourth-order valence-electron chi connectivity index (χ4n) is 4.42. The molecule has 1 aromatic carbocycles. The van der Waals surface area contributed by atoms with E-state index in [1.54, 1.807) is 16.8 Å². The predicted octanol–water partition coefficient (Wildman–Crippen LogP) is 2.25. The summed E-state index contributed by atoms with van der Waals surface area (Å²) in [6.07, 6.45) is 2.66. The molecule has 192 valence electrons. The van der Waals surface area contributed by atoms with Crippen molar-refractivity contribution in [1.82, 2.24) is 19.7 Å². The first kappa shape index (κ1) is 26.2. The first-order valence-electron chi connectivity index (χ1n) is 11.3. The maximum absolute atomic E-state index is 13.4. The minimum Gasteiger partial charge on any atom is -0.393 e. The maximum Gasteiger partial charge on any atom is 0.333 e. The molecule has 0 radical (unpaired) electrons. The predicted molar refractivity (Wildman–Crippen MR) is 133 cm³/mol. The van der Waals surface area contributed by atoms with Crippen molar-refractivity contribution < 1.29 is 22.5 Å². The SMILES string of the molecule is Cc1cc(C(=O)c2cncnc2N[C@@H]2C[C@H](COS(N)(=O)=O)[C@@H](O)C2)nn1[C@H](C)c1cccc(Cl)c1. The van der Waals surface area contributed by atoms with Crippen molar-refractivity contribution in [2.45, 2.75) is 44.9 Å². The minimum atomic E-state index is -4.10. The summed E-state index contributed by atoms with van der Waals surface area (Å²) in [7, 11) is -4.10. The lowest BCUT2D eigenvalue weighted by molar-refractivity contribution is 0.101. The third-order valence-electron chi connectivity index (χ3n) is 6.25. The van der Waals surface area contributed by atoms with E-state index in [2.05, 4.69) is 24.6 Å². The Kier molecular flexibility index (Phi) is 7.71. The summed E-state index contributed by atoms with van der Waals surface area (Å²) >= 11 is 6.14. The molecule has 0 saturated heterocycles. The molecular weight excluding hydrogens is 508 g/mol. The van der Waals surface area contributed by atoms with Gasteiger partial charge in [-0.2, -0.15) is 13.5 Å². The first-order valence-corrected chi connectivity index (χ1v) is 13.1. The van der Waals surface area contributed by atoms with Gasteiger partial charge in [0.1, 0.15) is 17.8 Å². The van der Waals surface area contributed by atoms with Crippen molar-refractivity contribution in [3.05, 3.63) is 70.4 Å². The molecule has 1 aliphatic rings. The molecule has 0 spiro atoms. The second-order valence-corrected chi connectivity index (χ2v) is 10.5. The van der Waals surface area contributed by atoms with Crippen molar-refractivity contribution >= 4 is 33.5 Å². The molecule has 1 saturated carbocycles. The number of aliphatic hydroxyl groups is 1. The Morgan fingerprint density at radius 2 is 2.14 bits per heavy atom. The lowest BCUT2D eigenvalue weighted by Crippen LogP contribution is -2.24. The van der Waals surface area contributed by atoms with Gasteiger partial charge < -0.3 is 10.4 Å². The topological polar surface area (TPSA) is 162 Å². The fourth-order valence-corrected chi connectivity index (χ4v) is 4.99. The van der Waals surface area contributed by atoms with Crippen LogP contribution < -0.4 is 10.5 Å². The Morgan fingerprint density at radius 3 is 2.86 bits per heavy atom. The Morgan fingerprint density at radius 1 is 1.36 bits per heavy atom. The average molecular weight is 535 g/mol. The molecule has 2 heterocycles. The van der Waals surface area contributed by atoms with Crippen LogP contribution in [0.5, 0.6) is 0 Å². The van der Waals surface area contributed by atoms with Crippen molar-refractivity contribution in [2.24, 2.45) is 11.1 Å². The highest BCUT2D eigenvalue weighted by molar-refractivity contribution is 7.84. The Bertz CT molecular complexity index is 1360. The summed E-state index contributed by atoms with van der Waals surface area (Å²) in [5.41, 5.74) is 2.23. The van der Waals surface area contributed by atoms with Crippen LogP contribution in [0.2, 0.25) is 5.02 Å². The van der Waals surface area contributed by atoms with Crippen molar-refractivity contribution in [1.29, 1.82) is 0 Å². The minimum absolute atomic E-state index is 0.147. The van der Waals surface area contributed by atoms with Crippen LogP contribution in [0.4, 0.5) is 5.82 Å². The van der Waals surface area contributed by atoms with Crippen LogP contribution in [-0.2, 0) is 14.5 Å². The third kappa shape index (κ3) is 6.08. The first-order chi connectivity index (χ1) is 17.0. The smallest absolute Gasteiger partial charge is 0.333 e. The second-order valence-electron chi connectivity index (χ2n) is 8.88. The number of ketones is 1. The molecule has 4 atom stereocenters. The lowest BCUT2D eigenvalue weighted by Gasteiger charge is -2.16. The number of anilines is 1. The van der Waals surface area contributed by atoms with E-state index in [4.69, 9.17) is 16.7 Å². The van der Waals surface area contributed by atoms with Gasteiger partial charge in [-0.1, -0.05) is 23.7 Å². The summed E-state index contributed by atoms with van der Waals surface area (Å²) in [5, 5.41) is 23.5. The number of aliphatic hydroxyl groups excluding tert-OH is 1. The second kappa shape index (κ2) is 10.6. The molecule has 13 heteroatoms. The molecule has 36 heavy (non-hydrogen) atoms. The summed E-state index contributed by atoms with van der Waals surface area (Å²) in [6.45, 7) is 3.62. The largest absolute Gasteiger partial charge is 0.393 e. The van der Waals surface area contributed by atoms with Crippen LogP contribution in [0.1, 0.15) is 53.1 Å². The summed E-state index contributed by atoms with van der Waals surface area (Å²) in [4.78, 5) is 21.6. The zero-order valence-electron chi connectivity index (χ0n) is 19.7. The van der Waals surface area contributed by atoms with Crippen LogP contribution in [0.25, 0.3) is 0 Å². The number of carbonyl (C=O) groups is 1. The number of hydrogen-bond donors (Lipinski definition) is 3. The average Bonchev–Trinajstić information content (AvgIpc) is 3.38. The van der Waals surface area contributed by atoms with Gasteiger partial charge in [-0.15, -0.1) is 0 Å². The standard InChI is InChI=1S/C23H27ClN6O5S/c1-13-6-20(29-30(13)14(2)15-4-3-5-17(24)7-15)22(32)19-10-26-12-27-23(19)28-18-8-16(21(31)9-18)11-35-36(25,33)34/h3-7,10,12,14,16,18,21,31H,8-9,11H2,1-2H3,(H2,25,33,34)(H,26,27,28)/t14-,16-,18-,21+/m1/s1. The highest BCUT2D eigenvalue weighted by atomic mass is 35.5. The third-order valence-corrected chi connectivity index (χ3v) is 6.95. The number of aryl methyl sites for hydroxylation is 1.